The number of methoxy groups -OCH3 is 1. The van der Waals surface area contributed by atoms with E-state index >= 15 is 0 Å². The van der Waals surface area contributed by atoms with E-state index in [2.05, 4.69) is 5.32 Å². The quantitative estimate of drug-likeness (QED) is 0.760. The summed E-state index contributed by atoms with van der Waals surface area (Å²) in [6, 6.07) is 6.72. The van der Waals surface area contributed by atoms with Crippen LogP contribution in [0, 0.1) is 0 Å². The molecule has 2 amide bonds. The summed E-state index contributed by atoms with van der Waals surface area (Å²) >= 11 is 0. The number of halogens is 1. The van der Waals surface area contributed by atoms with E-state index in [1.165, 1.54) is 12.0 Å². The first kappa shape index (κ1) is 20.4. The smallest absolute Gasteiger partial charge is 0.253 e. The van der Waals surface area contributed by atoms with Crippen molar-refractivity contribution >= 4 is 24.2 Å². The Morgan fingerprint density at radius 3 is 2.64 bits per heavy atom. The first-order valence-corrected chi connectivity index (χ1v) is 6.78. The van der Waals surface area contributed by atoms with Gasteiger partial charge in [0.05, 0.1) is 6.61 Å². The minimum atomic E-state index is -0.656. The van der Waals surface area contributed by atoms with Crippen molar-refractivity contribution in [3.63, 3.8) is 0 Å². The standard InChI is InChI=1S/C15H23N3O3.ClH/c1-18(2)15(20)12-6-4-5-11(9-12)7-8-17-14(19)13(16)10-21-3;/h4-6,9,13H,7-8,10,16H2,1-3H3,(H,17,19);1H. The average Bonchev–Trinajstić information content (AvgIpc) is 2.46. The van der Waals surface area contributed by atoms with Gasteiger partial charge in [0.1, 0.15) is 6.04 Å². The number of ether oxygens (including phenoxy) is 1. The number of nitrogens with two attached hydrogens (primary N) is 1. The van der Waals surface area contributed by atoms with Gasteiger partial charge in [-0.25, -0.2) is 0 Å². The van der Waals surface area contributed by atoms with Crippen molar-refractivity contribution in [2.45, 2.75) is 12.5 Å². The molecule has 0 radical (unpaired) electrons. The minimum Gasteiger partial charge on any atom is -0.383 e. The Labute approximate surface area is 137 Å². The fraction of sp³-hybridized carbons (Fsp3) is 0.467. The van der Waals surface area contributed by atoms with E-state index in [0.717, 1.165) is 5.56 Å². The second-order valence-corrected chi connectivity index (χ2v) is 5.00. The molecule has 1 aromatic carbocycles. The van der Waals surface area contributed by atoms with Gasteiger partial charge in [-0.3, -0.25) is 9.59 Å². The summed E-state index contributed by atoms with van der Waals surface area (Å²) in [6.45, 7) is 0.661. The Kier molecular flexibility index (Phi) is 9.40. The first-order valence-electron chi connectivity index (χ1n) is 6.78. The number of benzene rings is 1. The van der Waals surface area contributed by atoms with Gasteiger partial charge in [-0.15, -0.1) is 12.4 Å². The second kappa shape index (κ2) is 10.2. The van der Waals surface area contributed by atoms with E-state index in [0.29, 0.717) is 18.5 Å². The monoisotopic (exact) mass is 329 g/mol. The van der Waals surface area contributed by atoms with E-state index in [9.17, 15) is 9.59 Å². The number of hydrogen-bond acceptors (Lipinski definition) is 4. The van der Waals surface area contributed by atoms with Crippen molar-refractivity contribution in [2.75, 3.05) is 34.4 Å². The molecule has 22 heavy (non-hydrogen) atoms. The Morgan fingerprint density at radius 2 is 2.05 bits per heavy atom. The normalized spacial score (nSPS) is 11.3. The summed E-state index contributed by atoms with van der Waals surface area (Å²) in [5.74, 6) is -0.277. The van der Waals surface area contributed by atoms with Gasteiger partial charge in [-0.05, 0) is 24.1 Å². The Bertz CT molecular complexity index is 495. The van der Waals surface area contributed by atoms with Crippen molar-refractivity contribution in [1.82, 2.24) is 10.2 Å². The Morgan fingerprint density at radius 1 is 1.36 bits per heavy atom. The van der Waals surface area contributed by atoms with Gasteiger partial charge < -0.3 is 20.7 Å². The van der Waals surface area contributed by atoms with Gasteiger partial charge in [-0.2, -0.15) is 0 Å². The largest absolute Gasteiger partial charge is 0.383 e. The zero-order valence-electron chi connectivity index (χ0n) is 13.2. The Balaban J connectivity index is 0.00000441. The number of carbonyl (C=O) groups is 2. The van der Waals surface area contributed by atoms with Crippen LogP contribution in [0.2, 0.25) is 0 Å². The minimum absolute atomic E-state index is 0. The van der Waals surface area contributed by atoms with Crippen LogP contribution in [-0.4, -0.2) is 57.1 Å². The molecule has 0 bridgehead atoms. The summed E-state index contributed by atoms with van der Waals surface area (Å²) in [4.78, 5) is 25.0. The molecule has 0 spiro atoms. The maximum absolute atomic E-state index is 11.9. The molecule has 6 nitrogen and oxygen atoms in total. The van der Waals surface area contributed by atoms with Crippen LogP contribution in [-0.2, 0) is 16.0 Å². The first-order chi connectivity index (χ1) is 9.95. The number of hydrogen-bond donors (Lipinski definition) is 2. The summed E-state index contributed by atoms with van der Waals surface area (Å²) in [5.41, 5.74) is 7.25. The van der Waals surface area contributed by atoms with Crippen LogP contribution in [0.15, 0.2) is 24.3 Å². The predicted molar refractivity (Wildman–Crippen MR) is 88.3 cm³/mol. The third-order valence-corrected chi connectivity index (χ3v) is 2.98. The molecule has 124 valence electrons. The molecule has 0 fully saturated rings. The second-order valence-electron chi connectivity index (χ2n) is 5.00. The van der Waals surface area contributed by atoms with Gasteiger partial charge in [0.25, 0.3) is 5.91 Å². The molecule has 1 aromatic rings. The maximum Gasteiger partial charge on any atom is 0.253 e. The highest BCUT2D eigenvalue weighted by atomic mass is 35.5. The topological polar surface area (TPSA) is 84.7 Å². The molecule has 1 atom stereocenters. The molecule has 1 unspecified atom stereocenters. The molecule has 0 aliphatic heterocycles. The SMILES string of the molecule is COCC(N)C(=O)NCCc1cccc(C(=O)N(C)C)c1.Cl. The van der Waals surface area contributed by atoms with Crippen LogP contribution in [0.1, 0.15) is 15.9 Å². The van der Waals surface area contributed by atoms with Gasteiger partial charge in [0.2, 0.25) is 5.91 Å². The summed E-state index contributed by atoms with van der Waals surface area (Å²) in [6.07, 6.45) is 0.639. The van der Waals surface area contributed by atoms with E-state index < -0.39 is 6.04 Å². The van der Waals surface area contributed by atoms with Gasteiger partial charge >= 0.3 is 0 Å². The summed E-state index contributed by atoms with van der Waals surface area (Å²) in [5, 5.41) is 2.75. The van der Waals surface area contributed by atoms with E-state index in [-0.39, 0.29) is 30.8 Å². The molecule has 0 saturated carbocycles. The number of nitrogens with one attached hydrogen (secondary N) is 1. The molecular weight excluding hydrogens is 306 g/mol. The lowest BCUT2D eigenvalue weighted by molar-refractivity contribution is -0.123. The van der Waals surface area contributed by atoms with Crippen molar-refractivity contribution in [2.24, 2.45) is 5.73 Å². The highest BCUT2D eigenvalue weighted by molar-refractivity contribution is 5.94. The predicted octanol–water partition coefficient (Wildman–Crippen LogP) is 0.443. The van der Waals surface area contributed by atoms with Crippen LogP contribution in [0.3, 0.4) is 0 Å². The lowest BCUT2D eigenvalue weighted by Gasteiger charge is -2.12. The van der Waals surface area contributed by atoms with Crippen LogP contribution in [0.25, 0.3) is 0 Å². The molecule has 0 aromatic heterocycles. The third-order valence-electron chi connectivity index (χ3n) is 2.98. The molecule has 1 rings (SSSR count). The average molecular weight is 330 g/mol. The van der Waals surface area contributed by atoms with Crippen molar-refractivity contribution in [1.29, 1.82) is 0 Å². The number of carbonyl (C=O) groups excluding carboxylic acids is 2. The number of rotatable bonds is 7. The highest BCUT2D eigenvalue weighted by Gasteiger charge is 2.12. The molecule has 7 heteroatoms. The zero-order chi connectivity index (χ0) is 15.8. The van der Waals surface area contributed by atoms with Crippen molar-refractivity contribution < 1.29 is 14.3 Å². The fourth-order valence-corrected chi connectivity index (χ4v) is 1.83. The highest BCUT2D eigenvalue weighted by Crippen LogP contribution is 2.07. The number of nitrogens with zero attached hydrogens (tertiary/aromatic N) is 1. The molecule has 3 N–H and O–H groups in total. The van der Waals surface area contributed by atoms with Crippen molar-refractivity contribution in [3.05, 3.63) is 35.4 Å². The molecule has 0 saturated heterocycles. The van der Waals surface area contributed by atoms with E-state index in [1.807, 2.05) is 18.2 Å². The van der Waals surface area contributed by atoms with Crippen LogP contribution >= 0.6 is 12.4 Å². The third kappa shape index (κ3) is 6.43. The van der Waals surface area contributed by atoms with Crippen molar-refractivity contribution in [3.8, 4) is 0 Å². The molecular formula is C15H24ClN3O3. The molecule has 0 aliphatic rings. The molecule has 0 aliphatic carbocycles. The van der Waals surface area contributed by atoms with Gasteiger partial charge in [0, 0.05) is 33.3 Å². The fourth-order valence-electron chi connectivity index (χ4n) is 1.83. The molecule has 0 heterocycles. The van der Waals surface area contributed by atoms with Crippen LogP contribution < -0.4 is 11.1 Å². The lowest BCUT2D eigenvalue weighted by Crippen LogP contribution is -2.44. The maximum atomic E-state index is 11.9. The van der Waals surface area contributed by atoms with Gasteiger partial charge in [-0.1, -0.05) is 12.1 Å². The van der Waals surface area contributed by atoms with Crippen LogP contribution in [0.5, 0.6) is 0 Å². The zero-order valence-corrected chi connectivity index (χ0v) is 14.0. The van der Waals surface area contributed by atoms with E-state index in [4.69, 9.17) is 10.5 Å². The number of amides is 2. The summed E-state index contributed by atoms with van der Waals surface area (Å²) in [7, 11) is 4.93. The lowest BCUT2D eigenvalue weighted by atomic mass is 10.1. The summed E-state index contributed by atoms with van der Waals surface area (Å²) < 4.78 is 4.83. The van der Waals surface area contributed by atoms with E-state index in [1.54, 1.807) is 20.2 Å². The Hall–Kier alpha value is -1.63. The van der Waals surface area contributed by atoms with Crippen LogP contribution in [0.4, 0.5) is 0 Å². The van der Waals surface area contributed by atoms with Gasteiger partial charge in [0.15, 0.2) is 0 Å².